The summed E-state index contributed by atoms with van der Waals surface area (Å²) in [4.78, 5) is 14.5. The van der Waals surface area contributed by atoms with Crippen LogP contribution < -0.4 is 14.2 Å². The van der Waals surface area contributed by atoms with E-state index in [9.17, 15) is 4.79 Å². The lowest BCUT2D eigenvalue weighted by molar-refractivity contribution is -0.129. The molecule has 1 amide bonds. The second-order valence-electron chi connectivity index (χ2n) is 7.53. The van der Waals surface area contributed by atoms with Crippen molar-refractivity contribution in [1.82, 2.24) is 4.90 Å². The van der Waals surface area contributed by atoms with Crippen LogP contribution in [0.1, 0.15) is 12.5 Å². The fraction of sp³-hybridized carbons (Fsp3) is 0.320. The Morgan fingerprint density at radius 1 is 0.969 bits per heavy atom. The summed E-state index contributed by atoms with van der Waals surface area (Å²) in [6.45, 7) is 4.25. The van der Waals surface area contributed by atoms with Crippen molar-refractivity contribution >= 4 is 22.4 Å². The van der Waals surface area contributed by atoms with Gasteiger partial charge in [0.15, 0.2) is 11.5 Å². The quantitative estimate of drug-likeness (QED) is 0.533. The van der Waals surface area contributed by atoms with Gasteiger partial charge in [-0.1, -0.05) is 6.07 Å². The molecule has 168 valence electrons. The maximum atomic E-state index is 12.7. The maximum absolute atomic E-state index is 12.7. The molecule has 7 nitrogen and oxygen atoms in total. The molecule has 2 aromatic carbocycles. The van der Waals surface area contributed by atoms with Crippen LogP contribution in [0, 0.1) is 0 Å². The predicted molar refractivity (Wildman–Crippen MR) is 122 cm³/mol. The summed E-state index contributed by atoms with van der Waals surface area (Å²) in [5.74, 6) is 1.92. The number of hydrogen-bond donors (Lipinski definition) is 0. The van der Waals surface area contributed by atoms with Crippen LogP contribution in [0.3, 0.4) is 0 Å². The fourth-order valence-corrected chi connectivity index (χ4v) is 3.90. The minimum Gasteiger partial charge on any atom is -0.496 e. The van der Waals surface area contributed by atoms with E-state index in [2.05, 4.69) is 0 Å². The Kier molecular flexibility index (Phi) is 6.37. The highest BCUT2D eigenvalue weighted by Crippen LogP contribution is 2.39. The number of nitrogens with zero attached hydrogens (tertiary/aromatic N) is 1. The van der Waals surface area contributed by atoms with Crippen LogP contribution in [0.5, 0.6) is 17.2 Å². The molecule has 0 saturated carbocycles. The number of allylic oxidation sites excluding steroid dienone is 1. The number of hydrogen-bond acceptors (Lipinski definition) is 6. The summed E-state index contributed by atoms with van der Waals surface area (Å²) < 4.78 is 27.6. The van der Waals surface area contributed by atoms with Gasteiger partial charge in [-0.3, -0.25) is 4.79 Å². The zero-order valence-corrected chi connectivity index (χ0v) is 18.8. The number of ether oxygens (including phenoxy) is 4. The number of amides is 1. The van der Waals surface area contributed by atoms with E-state index < -0.39 is 0 Å². The molecule has 0 spiro atoms. The van der Waals surface area contributed by atoms with Crippen molar-refractivity contribution in [3.05, 3.63) is 48.2 Å². The van der Waals surface area contributed by atoms with Gasteiger partial charge < -0.3 is 28.3 Å². The average Bonchev–Trinajstić information content (AvgIpc) is 3.26. The second kappa shape index (κ2) is 9.36. The van der Waals surface area contributed by atoms with Gasteiger partial charge >= 0.3 is 0 Å². The molecule has 32 heavy (non-hydrogen) atoms. The number of benzene rings is 2. The molecule has 0 atom stereocenters. The van der Waals surface area contributed by atoms with Gasteiger partial charge in [0, 0.05) is 41.7 Å². The largest absolute Gasteiger partial charge is 0.496 e. The molecule has 0 radical (unpaired) electrons. The average molecular weight is 437 g/mol. The summed E-state index contributed by atoms with van der Waals surface area (Å²) in [6.07, 6.45) is 3.37. The lowest BCUT2D eigenvalue weighted by atomic mass is 9.99. The summed E-state index contributed by atoms with van der Waals surface area (Å²) in [5, 5.41) is 0.916. The van der Waals surface area contributed by atoms with Crippen molar-refractivity contribution in [2.45, 2.75) is 6.92 Å². The van der Waals surface area contributed by atoms with E-state index in [0.29, 0.717) is 49.1 Å². The van der Waals surface area contributed by atoms with Gasteiger partial charge in [-0.25, -0.2) is 0 Å². The Hall–Kier alpha value is -3.45. The lowest BCUT2D eigenvalue weighted by Crippen LogP contribution is -2.39. The van der Waals surface area contributed by atoms with Crippen LogP contribution in [0.25, 0.3) is 27.7 Å². The van der Waals surface area contributed by atoms with Crippen LogP contribution in [0.2, 0.25) is 0 Å². The standard InChI is InChI=1S/C25H27NO6/c1-16(11-25(27)26-7-9-31-10-8-26)18-13-19-20(15-32-23(19)14-22(18)29-3)17-5-6-21(28-2)24(12-17)30-4/h5-6,11-15H,7-10H2,1-4H3/b16-11+. The monoisotopic (exact) mass is 437 g/mol. The molecular formula is C25H27NO6. The number of methoxy groups -OCH3 is 3. The molecule has 0 aliphatic carbocycles. The first kappa shape index (κ1) is 21.8. The summed E-state index contributed by atoms with van der Waals surface area (Å²) in [6, 6.07) is 9.59. The maximum Gasteiger partial charge on any atom is 0.247 e. The number of morpholine rings is 1. The fourth-order valence-electron chi connectivity index (χ4n) is 3.90. The van der Waals surface area contributed by atoms with Gasteiger partial charge in [-0.2, -0.15) is 0 Å². The number of carbonyl (C=O) groups excluding carboxylic acids is 1. The molecule has 3 aromatic rings. The van der Waals surface area contributed by atoms with Gasteiger partial charge in [0.25, 0.3) is 0 Å². The van der Waals surface area contributed by atoms with Gasteiger partial charge in [0.1, 0.15) is 11.3 Å². The molecule has 1 aromatic heterocycles. The van der Waals surface area contributed by atoms with E-state index >= 15 is 0 Å². The first-order valence-electron chi connectivity index (χ1n) is 10.4. The molecule has 1 aliphatic rings. The summed E-state index contributed by atoms with van der Waals surface area (Å²) >= 11 is 0. The SMILES string of the molecule is COc1ccc(-c2coc3cc(OC)c(/C(C)=C/C(=O)N4CCOCC4)cc23)cc1OC. The van der Waals surface area contributed by atoms with Gasteiger partial charge in [0.05, 0.1) is 40.8 Å². The minimum absolute atomic E-state index is 0.0275. The third-order valence-corrected chi connectivity index (χ3v) is 5.68. The van der Waals surface area contributed by atoms with Crippen molar-refractivity contribution in [2.75, 3.05) is 47.6 Å². The topological polar surface area (TPSA) is 70.4 Å². The molecule has 2 heterocycles. The smallest absolute Gasteiger partial charge is 0.247 e. The Morgan fingerprint density at radius 2 is 1.69 bits per heavy atom. The van der Waals surface area contributed by atoms with E-state index in [1.807, 2.05) is 37.3 Å². The third kappa shape index (κ3) is 4.16. The molecule has 4 rings (SSSR count). The van der Waals surface area contributed by atoms with Crippen LogP contribution in [0.4, 0.5) is 0 Å². The predicted octanol–water partition coefficient (Wildman–Crippen LogP) is 4.39. The zero-order valence-electron chi connectivity index (χ0n) is 18.8. The number of carbonyl (C=O) groups is 1. The van der Waals surface area contributed by atoms with E-state index in [0.717, 1.165) is 27.6 Å². The molecule has 0 bridgehead atoms. The highest BCUT2D eigenvalue weighted by atomic mass is 16.5. The van der Waals surface area contributed by atoms with E-state index in [1.165, 1.54) is 0 Å². The molecule has 1 fully saturated rings. The summed E-state index contributed by atoms with van der Waals surface area (Å²) in [5.41, 5.74) is 4.20. The van der Waals surface area contributed by atoms with Crippen molar-refractivity contribution in [3.8, 4) is 28.4 Å². The number of rotatable bonds is 6. The van der Waals surface area contributed by atoms with Crippen molar-refractivity contribution < 1.29 is 28.2 Å². The first-order valence-corrected chi connectivity index (χ1v) is 10.4. The molecule has 1 aliphatic heterocycles. The highest BCUT2D eigenvalue weighted by Gasteiger charge is 2.18. The van der Waals surface area contributed by atoms with E-state index in [1.54, 1.807) is 38.6 Å². The van der Waals surface area contributed by atoms with Gasteiger partial charge in [-0.15, -0.1) is 0 Å². The Balaban J connectivity index is 1.75. The third-order valence-electron chi connectivity index (χ3n) is 5.68. The zero-order chi connectivity index (χ0) is 22.7. The minimum atomic E-state index is -0.0275. The Morgan fingerprint density at radius 3 is 2.38 bits per heavy atom. The van der Waals surface area contributed by atoms with Gasteiger partial charge in [-0.05, 0) is 36.3 Å². The van der Waals surface area contributed by atoms with Crippen molar-refractivity contribution in [1.29, 1.82) is 0 Å². The van der Waals surface area contributed by atoms with Crippen LogP contribution >= 0.6 is 0 Å². The Labute approximate surface area is 187 Å². The number of fused-ring (bicyclic) bond motifs is 1. The van der Waals surface area contributed by atoms with Crippen LogP contribution in [0.15, 0.2) is 47.1 Å². The lowest BCUT2D eigenvalue weighted by Gasteiger charge is -2.26. The molecule has 1 saturated heterocycles. The molecule has 7 heteroatoms. The van der Waals surface area contributed by atoms with E-state index in [4.69, 9.17) is 23.4 Å². The highest BCUT2D eigenvalue weighted by molar-refractivity contribution is 6.00. The van der Waals surface area contributed by atoms with Crippen molar-refractivity contribution in [2.24, 2.45) is 0 Å². The number of furan rings is 1. The van der Waals surface area contributed by atoms with Crippen LogP contribution in [-0.2, 0) is 9.53 Å². The first-order chi connectivity index (χ1) is 15.5. The van der Waals surface area contributed by atoms with Gasteiger partial charge in [0.2, 0.25) is 5.91 Å². The second-order valence-corrected chi connectivity index (χ2v) is 7.53. The molecule has 0 N–H and O–H groups in total. The van der Waals surface area contributed by atoms with Crippen LogP contribution in [-0.4, -0.2) is 58.4 Å². The van der Waals surface area contributed by atoms with E-state index in [-0.39, 0.29) is 5.91 Å². The molecule has 0 unspecified atom stereocenters. The Bertz CT molecular complexity index is 1160. The summed E-state index contributed by atoms with van der Waals surface area (Å²) in [7, 11) is 4.83. The molecular weight excluding hydrogens is 410 g/mol. The normalized spacial score (nSPS) is 14.5. The van der Waals surface area contributed by atoms with Crippen molar-refractivity contribution in [3.63, 3.8) is 0 Å².